The molecule has 0 heterocycles. The highest BCUT2D eigenvalue weighted by Gasteiger charge is 2.29. The molecule has 19 heavy (non-hydrogen) atoms. The van der Waals surface area contributed by atoms with Gasteiger partial charge in [0.25, 0.3) is 0 Å². The molecule has 3 nitrogen and oxygen atoms in total. The van der Waals surface area contributed by atoms with Gasteiger partial charge in [0.2, 0.25) is 0 Å². The Hall–Kier alpha value is -1.06. The summed E-state index contributed by atoms with van der Waals surface area (Å²) in [6.07, 6.45) is 2.14. The lowest BCUT2D eigenvalue weighted by molar-refractivity contribution is 0.0670. The Kier molecular flexibility index (Phi) is 4.83. The van der Waals surface area contributed by atoms with Gasteiger partial charge in [-0.25, -0.2) is 0 Å². The molecule has 106 valence electrons. The van der Waals surface area contributed by atoms with E-state index in [1.165, 1.54) is 18.4 Å². The second-order valence-electron chi connectivity index (χ2n) is 5.55. The van der Waals surface area contributed by atoms with Crippen LogP contribution in [0.4, 0.5) is 0 Å². The summed E-state index contributed by atoms with van der Waals surface area (Å²) < 4.78 is 5.75. The number of aliphatic hydroxyl groups is 1. The molecule has 0 aliphatic heterocycles. The predicted octanol–water partition coefficient (Wildman–Crippen LogP) is 2.53. The van der Waals surface area contributed by atoms with Crippen molar-refractivity contribution in [2.75, 3.05) is 19.7 Å². The van der Waals surface area contributed by atoms with Crippen molar-refractivity contribution < 1.29 is 9.84 Å². The Bertz CT molecular complexity index is 415. The zero-order valence-corrected chi connectivity index (χ0v) is 12.2. The van der Waals surface area contributed by atoms with Crippen molar-refractivity contribution >= 4 is 0 Å². The zero-order chi connectivity index (χ0) is 13.8. The third-order valence-electron chi connectivity index (χ3n) is 3.69. The first kappa shape index (κ1) is 14.4. The van der Waals surface area contributed by atoms with Gasteiger partial charge in [-0.1, -0.05) is 19.1 Å². The van der Waals surface area contributed by atoms with Crippen molar-refractivity contribution in [1.29, 1.82) is 0 Å². The van der Waals surface area contributed by atoms with E-state index in [-0.39, 0.29) is 0 Å². The van der Waals surface area contributed by atoms with Crippen LogP contribution in [0.1, 0.15) is 30.9 Å². The van der Waals surface area contributed by atoms with Gasteiger partial charge in [0.1, 0.15) is 18.5 Å². The number of hydrogen-bond donors (Lipinski definition) is 1. The first-order valence-corrected chi connectivity index (χ1v) is 7.22. The molecule has 1 N–H and O–H groups in total. The summed E-state index contributed by atoms with van der Waals surface area (Å²) in [4.78, 5) is 2.34. The maximum Gasteiger partial charge on any atom is 0.122 e. The maximum absolute atomic E-state index is 10.1. The summed E-state index contributed by atoms with van der Waals surface area (Å²) in [5, 5.41) is 10.1. The number of likely N-dealkylation sites (N-methyl/N-ethyl adjacent to an activating group) is 1. The summed E-state index contributed by atoms with van der Waals surface area (Å²) in [6, 6.07) is 6.85. The zero-order valence-electron chi connectivity index (χ0n) is 12.2. The Balaban J connectivity index is 1.82. The van der Waals surface area contributed by atoms with Crippen LogP contribution in [0.15, 0.2) is 18.2 Å². The summed E-state index contributed by atoms with van der Waals surface area (Å²) in [5.74, 6) is 0.883. The molecule has 2 rings (SSSR count). The molecular weight excluding hydrogens is 238 g/mol. The maximum atomic E-state index is 10.1. The van der Waals surface area contributed by atoms with E-state index in [4.69, 9.17) is 4.74 Å². The summed E-state index contributed by atoms with van der Waals surface area (Å²) in [5.41, 5.74) is 2.30. The Morgan fingerprint density at radius 2 is 2.11 bits per heavy atom. The van der Waals surface area contributed by atoms with Crippen molar-refractivity contribution in [2.24, 2.45) is 0 Å². The lowest BCUT2D eigenvalue weighted by Crippen LogP contribution is -2.37. The minimum Gasteiger partial charge on any atom is -0.491 e. The molecule has 1 fully saturated rings. The highest BCUT2D eigenvalue weighted by atomic mass is 16.5. The van der Waals surface area contributed by atoms with E-state index in [2.05, 4.69) is 30.9 Å². The Morgan fingerprint density at radius 1 is 1.37 bits per heavy atom. The number of hydrogen-bond acceptors (Lipinski definition) is 3. The minimum atomic E-state index is -0.416. The van der Waals surface area contributed by atoms with Crippen LogP contribution in [-0.2, 0) is 0 Å². The molecular formula is C16H25NO2. The Labute approximate surface area is 116 Å². The van der Waals surface area contributed by atoms with Crippen LogP contribution >= 0.6 is 0 Å². The summed E-state index contributed by atoms with van der Waals surface area (Å²) in [6.45, 7) is 8.32. The van der Waals surface area contributed by atoms with Gasteiger partial charge >= 0.3 is 0 Å². The number of nitrogens with zero attached hydrogens (tertiary/aromatic N) is 1. The molecule has 1 unspecified atom stereocenters. The fourth-order valence-corrected chi connectivity index (χ4v) is 2.35. The van der Waals surface area contributed by atoms with E-state index in [1.807, 2.05) is 13.0 Å². The van der Waals surface area contributed by atoms with Gasteiger partial charge in [-0.05, 0) is 50.4 Å². The normalized spacial score (nSPS) is 16.7. The average Bonchev–Trinajstić information content (AvgIpc) is 3.21. The van der Waals surface area contributed by atoms with Gasteiger partial charge in [0.05, 0.1) is 0 Å². The molecule has 0 amide bonds. The molecule has 1 atom stereocenters. The quantitative estimate of drug-likeness (QED) is 0.820. The van der Waals surface area contributed by atoms with Crippen LogP contribution in [0.5, 0.6) is 5.75 Å². The SMILES string of the molecule is CCN(CC(O)COc1cc(C)ccc1C)C1CC1. The van der Waals surface area contributed by atoms with E-state index >= 15 is 0 Å². The third kappa shape index (κ3) is 4.22. The smallest absolute Gasteiger partial charge is 0.122 e. The highest BCUT2D eigenvalue weighted by Crippen LogP contribution is 2.26. The lowest BCUT2D eigenvalue weighted by atomic mass is 10.1. The van der Waals surface area contributed by atoms with Gasteiger partial charge in [-0.2, -0.15) is 0 Å². The third-order valence-corrected chi connectivity index (χ3v) is 3.69. The monoisotopic (exact) mass is 263 g/mol. The topological polar surface area (TPSA) is 32.7 Å². The van der Waals surface area contributed by atoms with Crippen molar-refractivity contribution in [3.8, 4) is 5.75 Å². The average molecular weight is 263 g/mol. The van der Waals surface area contributed by atoms with Gasteiger partial charge in [0, 0.05) is 12.6 Å². The molecule has 0 bridgehead atoms. The number of ether oxygens (including phenoxy) is 1. The van der Waals surface area contributed by atoms with E-state index in [0.29, 0.717) is 19.2 Å². The Morgan fingerprint density at radius 3 is 2.74 bits per heavy atom. The van der Waals surface area contributed by atoms with E-state index in [1.54, 1.807) is 0 Å². The largest absolute Gasteiger partial charge is 0.491 e. The van der Waals surface area contributed by atoms with Crippen LogP contribution in [0, 0.1) is 13.8 Å². The van der Waals surface area contributed by atoms with Gasteiger partial charge in [-0.3, -0.25) is 4.90 Å². The summed E-state index contributed by atoms with van der Waals surface area (Å²) >= 11 is 0. The van der Waals surface area contributed by atoms with Crippen molar-refractivity contribution in [3.63, 3.8) is 0 Å². The molecule has 1 aromatic carbocycles. The lowest BCUT2D eigenvalue weighted by Gasteiger charge is -2.23. The summed E-state index contributed by atoms with van der Waals surface area (Å²) in [7, 11) is 0. The highest BCUT2D eigenvalue weighted by molar-refractivity contribution is 5.35. The molecule has 1 aliphatic rings. The van der Waals surface area contributed by atoms with E-state index in [0.717, 1.165) is 17.9 Å². The number of aliphatic hydroxyl groups excluding tert-OH is 1. The molecule has 0 saturated heterocycles. The van der Waals surface area contributed by atoms with E-state index in [9.17, 15) is 5.11 Å². The molecule has 1 aromatic rings. The van der Waals surface area contributed by atoms with Crippen LogP contribution in [0.2, 0.25) is 0 Å². The number of aryl methyl sites for hydroxylation is 2. The first-order chi connectivity index (χ1) is 9.10. The minimum absolute atomic E-state index is 0.369. The van der Waals surface area contributed by atoms with Crippen LogP contribution in [0.25, 0.3) is 0 Å². The van der Waals surface area contributed by atoms with Crippen molar-refractivity contribution in [2.45, 2.75) is 45.8 Å². The van der Waals surface area contributed by atoms with Gasteiger partial charge in [-0.15, -0.1) is 0 Å². The molecule has 1 aliphatic carbocycles. The molecule has 0 spiro atoms. The van der Waals surface area contributed by atoms with Crippen LogP contribution in [0.3, 0.4) is 0 Å². The second-order valence-corrected chi connectivity index (χ2v) is 5.55. The van der Waals surface area contributed by atoms with E-state index < -0.39 is 6.10 Å². The number of rotatable bonds is 7. The van der Waals surface area contributed by atoms with Crippen molar-refractivity contribution in [3.05, 3.63) is 29.3 Å². The molecule has 1 saturated carbocycles. The van der Waals surface area contributed by atoms with Crippen molar-refractivity contribution in [1.82, 2.24) is 4.90 Å². The molecule has 3 heteroatoms. The second kappa shape index (κ2) is 6.40. The molecule has 0 aromatic heterocycles. The predicted molar refractivity (Wildman–Crippen MR) is 77.7 cm³/mol. The fourth-order valence-electron chi connectivity index (χ4n) is 2.35. The van der Waals surface area contributed by atoms with Gasteiger partial charge < -0.3 is 9.84 Å². The van der Waals surface area contributed by atoms with Gasteiger partial charge in [0.15, 0.2) is 0 Å². The fraction of sp³-hybridized carbons (Fsp3) is 0.625. The van der Waals surface area contributed by atoms with Crippen LogP contribution < -0.4 is 4.74 Å². The van der Waals surface area contributed by atoms with Crippen LogP contribution in [-0.4, -0.2) is 41.8 Å². The molecule has 0 radical (unpaired) electrons. The number of benzene rings is 1. The standard InChI is InChI=1S/C16H25NO2/c1-4-17(14-7-8-14)10-15(18)11-19-16-9-12(2)5-6-13(16)3/h5-6,9,14-15,18H,4,7-8,10-11H2,1-3H3. The first-order valence-electron chi connectivity index (χ1n) is 7.22.